The van der Waals surface area contributed by atoms with E-state index in [9.17, 15) is 13.2 Å². The molecule has 0 heterocycles. The van der Waals surface area contributed by atoms with Crippen LogP contribution < -0.4 is 0 Å². The van der Waals surface area contributed by atoms with Gasteiger partial charge in [-0.2, -0.15) is 4.31 Å². The first-order chi connectivity index (χ1) is 14.0. The normalized spacial score (nSPS) is 16.8. The first-order valence-corrected chi connectivity index (χ1v) is 12.0. The average molecular weight is 434 g/mol. The van der Waals surface area contributed by atoms with E-state index in [2.05, 4.69) is 13.2 Å². The van der Waals surface area contributed by atoms with E-state index in [1.165, 1.54) is 4.31 Å². The van der Waals surface area contributed by atoms with Gasteiger partial charge in [-0.3, -0.25) is 0 Å². The van der Waals surface area contributed by atoms with Crippen LogP contribution in [0, 0.1) is 12.8 Å². The lowest BCUT2D eigenvalue weighted by molar-refractivity contribution is -0.150. The summed E-state index contributed by atoms with van der Waals surface area (Å²) in [7, 11) is -3.86. The first kappa shape index (κ1) is 24.4. The van der Waals surface area contributed by atoms with E-state index in [1.807, 2.05) is 6.92 Å². The van der Waals surface area contributed by atoms with Gasteiger partial charge in [0, 0.05) is 12.1 Å². The first-order valence-electron chi connectivity index (χ1n) is 10.6. The smallest absolute Gasteiger partial charge is 0.335 e. The Balaban J connectivity index is 2.50. The maximum atomic E-state index is 13.6. The third-order valence-corrected chi connectivity index (χ3v) is 7.22. The molecule has 1 aliphatic rings. The topological polar surface area (TPSA) is 63.7 Å². The van der Waals surface area contributed by atoms with Crippen molar-refractivity contribution in [2.75, 3.05) is 6.54 Å². The summed E-state index contributed by atoms with van der Waals surface area (Å²) < 4.78 is 34.2. The highest BCUT2D eigenvalue weighted by molar-refractivity contribution is 7.89. The SMILES string of the molecule is C=CCN([C@H](C(=C)C(=O)OC(C)(C)C)C1CCCCC1)S(=O)(=O)c1ccc(C)cc1. The number of rotatable bonds is 8. The second kappa shape index (κ2) is 9.92. The molecule has 1 fully saturated rings. The minimum absolute atomic E-state index is 0.0129. The molecule has 0 saturated heterocycles. The molecule has 166 valence electrons. The number of ether oxygens (including phenoxy) is 1. The summed E-state index contributed by atoms with van der Waals surface area (Å²) in [6.45, 7) is 15.2. The van der Waals surface area contributed by atoms with Crippen molar-refractivity contribution in [2.45, 2.75) is 76.3 Å². The molecule has 0 aliphatic heterocycles. The fourth-order valence-corrected chi connectivity index (χ4v) is 5.59. The van der Waals surface area contributed by atoms with Gasteiger partial charge in [0.05, 0.1) is 10.9 Å². The summed E-state index contributed by atoms with van der Waals surface area (Å²) in [6, 6.07) is 6.10. The van der Waals surface area contributed by atoms with Crippen LogP contribution in [0.1, 0.15) is 58.4 Å². The standard InChI is InChI=1S/C24H35NO4S/c1-7-17-25(30(27,28)21-15-13-18(2)14-16-21)22(20-11-9-8-10-12-20)19(3)23(26)29-24(4,5)6/h7,13-16,20,22H,1,3,8-12,17H2,2,4-6H3/t22-/m1/s1. The molecule has 0 aromatic heterocycles. The van der Waals surface area contributed by atoms with Crippen molar-refractivity contribution in [3.63, 3.8) is 0 Å². The average Bonchev–Trinajstić information content (AvgIpc) is 2.67. The molecule has 0 bridgehead atoms. The number of carbonyl (C=O) groups is 1. The fourth-order valence-electron chi connectivity index (χ4n) is 3.94. The Labute approximate surface area is 181 Å². The van der Waals surface area contributed by atoms with Crippen molar-refractivity contribution in [2.24, 2.45) is 5.92 Å². The van der Waals surface area contributed by atoms with Gasteiger partial charge in [-0.1, -0.05) is 49.6 Å². The number of aryl methyl sites for hydroxylation is 1. The van der Waals surface area contributed by atoms with Crippen LogP contribution in [0.15, 0.2) is 54.0 Å². The van der Waals surface area contributed by atoms with E-state index in [0.717, 1.165) is 37.7 Å². The molecule has 0 amide bonds. The maximum Gasteiger partial charge on any atom is 0.335 e. The van der Waals surface area contributed by atoms with Gasteiger partial charge >= 0.3 is 5.97 Å². The van der Waals surface area contributed by atoms with Crippen molar-refractivity contribution < 1.29 is 17.9 Å². The minimum Gasteiger partial charge on any atom is -0.457 e. The number of sulfonamides is 1. The summed E-state index contributed by atoms with van der Waals surface area (Å²) >= 11 is 0. The van der Waals surface area contributed by atoms with E-state index >= 15 is 0 Å². The Morgan fingerprint density at radius 1 is 1.20 bits per heavy atom. The van der Waals surface area contributed by atoms with Gasteiger partial charge in [0.15, 0.2) is 0 Å². The molecule has 0 spiro atoms. The van der Waals surface area contributed by atoms with E-state index in [4.69, 9.17) is 4.74 Å². The van der Waals surface area contributed by atoms with Crippen LogP contribution >= 0.6 is 0 Å². The monoisotopic (exact) mass is 433 g/mol. The Hall–Kier alpha value is -1.92. The van der Waals surface area contributed by atoms with Gasteiger partial charge < -0.3 is 4.74 Å². The third-order valence-electron chi connectivity index (χ3n) is 5.36. The van der Waals surface area contributed by atoms with Gasteiger partial charge in [0.25, 0.3) is 0 Å². The van der Waals surface area contributed by atoms with Crippen molar-refractivity contribution in [3.8, 4) is 0 Å². The summed E-state index contributed by atoms with van der Waals surface area (Å²) in [6.07, 6.45) is 6.40. The van der Waals surface area contributed by atoms with E-state index in [1.54, 1.807) is 51.1 Å². The predicted octanol–water partition coefficient (Wildman–Crippen LogP) is 5.02. The number of carbonyl (C=O) groups excluding carboxylic acids is 1. The zero-order valence-corrected chi connectivity index (χ0v) is 19.5. The summed E-state index contributed by atoms with van der Waals surface area (Å²) in [4.78, 5) is 13.1. The molecule has 2 rings (SSSR count). The summed E-state index contributed by atoms with van der Waals surface area (Å²) in [5.41, 5.74) is 0.483. The van der Waals surface area contributed by atoms with Crippen molar-refractivity contribution in [1.82, 2.24) is 4.31 Å². The zero-order valence-electron chi connectivity index (χ0n) is 18.7. The number of nitrogens with zero attached hydrogens (tertiary/aromatic N) is 1. The van der Waals surface area contributed by atoms with E-state index < -0.39 is 27.6 Å². The van der Waals surface area contributed by atoms with E-state index in [0.29, 0.717) is 0 Å². The van der Waals surface area contributed by atoms with Crippen LogP contribution in [0.25, 0.3) is 0 Å². The largest absolute Gasteiger partial charge is 0.457 e. The Bertz CT molecular complexity index is 859. The van der Waals surface area contributed by atoms with Crippen LogP contribution in [-0.4, -0.2) is 36.9 Å². The molecule has 1 saturated carbocycles. The Morgan fingerprint density at radius 3 is 2.27 bits per heavy atom. The maximum absolute atomic E-state index is 13.6. The number of hydrogen-bond donors (Lipinski definition) is 0. The second-order valence-corrected chi connectivity index (χ2v) is 10.9. The molecule has 1 aromatic carbocycles. The minimum atomic E-state index is -3.86. The van der Waals surface area contributed by atoms with Crippen LogP contribution in [0.5, 0.6) is 0 Å². The van der Waals surface area contributed by atoms with Crippen molar-refractivity contribution in [3.05, 3.63) is 54.6 Å². The van der Waals surface area contributed by atoms with Crippen molar-refractivity contribution in [1.29, 1.82) is 0 Å². The van der Waals surface area contributed by atoms with Crippen LogP contribution in [0.4, 0.5) is 0 Å². The molecule has 5 nitrogen and oxygen atoms in total. The van der Waals surface area contributed by atoms with Gasteiger partial charge in [0.2, 0.25) is 10.0 Å². The zero-order chi connectivity index (χ0) is 22.5. The molecule has 6 heteroatoms. The van der Waals surface area contributed by atoms with Crippen LogP contribution in [-0.2, 0) is 19.6 Å². The van der Waals surface area contributed by atoms with Crippen molar-refractivity contribution >= 4 is 16.0 Å². The highest BCUT2D eigenvalue weighted by atomic mass is 32.2. The van der Waals surface area contributed by atoms with Gasteiger partial charge in [0.1, 0.15) is 5.60 Å². The fraction of sp³-hybridized carbons (Fsp3) is 0.542. The number of benzene rings is 1. The third kappa shape index (κ3) is 6.05. The van der Waals surface area contributed by atoms with Gasteiger partial charge in [-0.05, 0) is 58.6 Å². The molecule has 30 heavy (non-hydrogen) atoms. The second-order valence-electron chi connectivity index (χ2n) is 9.05. The number of esters is 1. The van der Waals surface area contributed by atoms with Crippen LogP contribution in [0.2, 0.25) is 0 Å². The summed E-state index contributed by atoms with van der Waals surface area (Å²) in [5.74, 6) is -0.537. The molecule has 0 unspecified atom stereocenters. The predicted molar refractivity (Wildman–Crippen MR) is 121 cm³/mol. The highest BCUT2D eigenvalue weighted by Gasteiger charge is 2.40. The Kier molecular flexibility index (Phi) is 8.06. The summed E-state index contributed by atoms with van der Waals surface area (Å²) in [5, 5.41) is 0. The molecule has 0 N–H and O–H groups in total. The molecular weight excluding hydrogens is 398 g/mol. The van der Waals surface area contributed by atoms with Crippen LogP contribution in [0.3, 0.4) is 0 Å². The highest BCUT2D eigenvalue weighted by Crippen LogP contribution is 2.35. The lowest BCUT2D eigenvalue weighted by atomic mass is 9.81. The quantitative estimate of drug-likeness (QED) is 0.328. The van der Waals surface area contributed by atoms with Gasteiger partial charge in [-0.25, -0.2) is 13.2 Å². The lowest BCUT2D eigenvalue weighted by Crippen LogP contribution is -2.48. The molecule has 1 atom stereocenters. The van der Waals surface area contributed by atoms with Gasteiger partial charge in [-0.15, -0.1) is 6.58 Å². The Morgan fingerprint density at radius 2 is 1.77 bits per heavy atom. The molecule has 0 radical (unpaired) electrons. The molecular formula is C24H35NO4S. The molecule has 1 aliphatic carbocycles. The molecule has 1 aromatic rings. The van der Waals surface area contributed by atoms with E-state index in [-0.39, 0.29) is 22.9 Å². The number of hydrogen-bond acceptors (Lipinski definition) is 4. The lowest BCUT2D eigenvalue weighted by Gasteiger charge is -2.38.